The van der Waals surface area contributed by atoms with Crippen LogP contribution in [-0.2, 0) is 0 Å². The van der Waals surface area contributed by atoms with Crippen LogP contribution in [0.3, 0.4) is 0 Å². The highest BCUT2D eigenvalue weighted by molar-refractivity contribution is 7.27. The van der Waals surface area contributed by atoms with Crippen LogP contribution in [0.2, 0.25) is 0 Å². The second kappa shape index (κ2) is 21.8. The van der Waals surface area contributed by atoms with Crippen molar-refractivity contribution in [2.45, 2.75) is 0 Å². The van der Waals surface area contributed by atoms with Crippen molar-refractivity contribution >= 4 is 203 Å². The highest BCUT2D eigenvalue weighted by Crippen LogP contribution is 2.49. The topological polar surface area (TPSA) is 66.3 Å². The summed E-state index contributed by atoms with van der Waals surface area (Å²) in [4.78, 5) is 20.8. The van der Waals surface area contributed by atoms with Crippen LogP contribution in [0.1, 0.15) is 0 Å². The van der Waals surface area contributed by atoms with Gasteiger partial charge in [0.15, 0.2) is 11.0 Å². The monoisotopic (exact) mass is 1390 g/mol. The Labute approximate surface area is 601 Å². The third-order valence-corrected chi connectivity index (χ3v) is 26.1. The minimum atomic E-state index is 0.667. The Bertz CT molecular complexity index is 7520. The maximum atomic E-state index is 5.46. The zero-order valence-electron chi connectivity index (χ0n) is 54.0. The van der Waals surface area contributed by atoms with Gasteiger partial charge in [-0.3, -0.25) is 4.57 Å². The van der Waals surface area contributed by atoms with E-state index < -0.39 is 0 Å². The predicted octanol–water partition coefficient (Wildman–Crippen LogP) is 26.4. The van der Waals surface area contributed by atoms with Crippen LogP contribution in [0.25, 0.3) is 219 Å². The lowest BCUT2D eigenvalue weighted by Gasteiger charge is -2.12. The molecule has 0 aliphatic rings. The third-order valence-electron chi connectivity index (χ3n) is 20.9. The van der Waals surface area contributed by atoms with Crippen molar-refractivity contribution in [3.8, 4) is 72.7 Å². The Kier molecular flexibility index (Phi) is 12.1. The summed E-state index contributed by atoms with van der Waals surface area (Å²) in [5, 5.41) is 16.2. The number of thiophene rings is 3. The van der Waals surface area contributed by atoms with E-state index in [1.807, 2.05) is 39.5 Å². The van der Waals surface area contributed by atoms with E-state index in [1.165, 1.54) is 125 Å². The molecule has 23 rings (SSSR count). The van der Waals surface area contributed by atoms with Crippen LogP contribution in [-0.4, -0.2) is 33.6 Å². The van der Waals surface area contributed by atoms with Gasteiger partial charge in [0.1, 0.15) is 0 Å². The molecule has 0 aliphatic heterocycles. The lowest BCUT2D eigenvalue weighted by atomic mass is 9.98. The van der Waals surface area contributed by atoms with Crippen molar-refractivity contribution in [1.29, 1.82) is 0 Å². The van der Waals surface area contributed by atoms with E-state index in [-0.39, 0.29) is 0 Å². The quantitative estimate of drug-likeness (QED) is 0.152. The molecule has 7 nitrogen and oxygen atoms in total. The van der Waals surface area contributed by atoms with Crippen molar-refractivity contribution in [1.82, 2.24) is 33.6 Å². The van der Waals surface area contributed by atoms with Crippen molar-refractivity contribution in [3.63, 3.8) is 0 Å². The summed E-state index contributed by atoms with van der Waals surface area (Å²) in [6, 6.07) is 107. The normalized spacial score (nSPS) is 12.3. The molecule has 9 aromatic heterocycles. The van der Waals surface area contributed by atoms with Crippen molar-refractivity contribution in [2.24, 2.45) is 0 Å². The number of benzene rings is 14. The Hall–Kier alpha value is -12.0. The number of aromatic nitrogens is 7. The van der Waals surface area contributed by atoms with Crippen molar-refractivity contribution in [2.75, 3.05) is 0 Å². The third kappa shape index (κ3) is 8.44. The van der Waals surface area contributed by atoms with Gasteiger partial charge in [0.05, 0.1) is 70.4 Å². The molecule has 0 amide bonds. The first-order valence-electron chi connectivity index (χ1n) is 34.0. The summed E-state index contributed by atoms with van der Waals surface area (Å²) in [5.41, 5.74) is 22.5. The summed E-state index contributed by atoms with van der Waals surface area (Å²) in [6.07, 6.45) is 0. The number of rotatable bonds is 8. The molecule has 0 atom stereocenters. The van der Waals surface area contributed by atoms with Gasteiger partial charge >= 0.3 is 0 Å². The van der Waals surface area contributed by atoms with E-state index in [0.717, 1.165) is 88.0 Å². The van der Waals surface area contributed by atoms with Gasteiger partial charge < -0.3 is 9.13 Å². The second-order valence-electron chi connectivity index (χ2n) is 26.4. The molecule has 0 N–H and O–H groups in total. The number of hydrogen-bond donors (Lipinski definition) is 0. The van der Waals surface area contributed by atoms with E-state index in [0.29, 0.717) is 5.82 Å². The standard InChI is InChI=1S/C90H49N7S5/c1-2-13-50(14-3-1)66-48-67(56-16-12-15-52(43-56)53-27-37-76-63(44-53)88-81(100-76)41-35-73-84(88)60-18-5-9-22-70(60)96(73)58-32-33-65-82(47-58)98-49-91-65)93-89(92-66)51-25-30-57(31-26-51)95-69-21-8-4-17-59(69)83-72(95)34-40-80-87(83)64-45-54(28-38-77(64)101-80)55-29-39-78-68(46-55)94-90(102-78)97-71-23-10-6-19-61(71)85-74(97)36-42-79-86(85)62-20-7-11-24-75(62)99-79/h1-49H. The summed E-state index contributed by atoms with van der Waals surface area (Å²) in [7, 11) is 0. The minimum absolute atomic E-state index is 0.667. The largest absolute Gasteiger partial charge is 0.309 e. The van der Waals surface area contributed by atoms with Gasteiger partial charge in [-0.25, -0.2) is 19.9 Å². The van der Waals surface area contributed by atoms with Gasteiger partial charge in [0, 0.05) is 121 Å². The molecular formula is C90H49N7S5. The molecular weight excluding hydrogens is 1340 g/mol. The Morgan fingerprint density at radius 2 is 0.706 bits per heavy atom. The van der Waals surface area contributed by atoms with Crippen molar-refractivity contribution < 1.29 is 0 Å². The zero-order chi connectivity index (χ0) is 66.4. The van der Waals surface area contributed by atoms with Crippen LogP contribution in [0.4, 0.5) is 0 Å². The summed E-state index contributed by atoms with van der Waals surface area (Å²) in [5.74, 6) is 0.667. The Morgan fingerprint density at radius 3 is 1.35 bits per heavy atom. The SMILES string of the molecule is c1ccc(-c2cc(-c3cccc(-c4ccc5sc6ccc7c(c8ccccc8n7-c7ccc8ncsc8c7)c6c5c4)c3)nc(-c3ccc(-n4c5ccccc5c5c6c(ccc54)sc4ccc(-c5ccc7sc(-n8c9ccccc9c9c%10c(ccc98)sc8ccccc8%10)nc7c5)cc46)cc3)n2)cc1. The molecule has 0 radical (unpaired) electrons. The molecule has 0 bridgehead atoms. The van der Waals surface area contributed by atoms with Crippen LogP contribution < -0.4 is 0 Å². The molecule has 0 aliphatic carbocycles. The molecule has 0 spiro atoms. The van der Waals surface area contributed by atoms with Gasteiger partial charge in [-0.05, 0) is 174 Å². The molecule has 0 saturated carbocycles. The fourth-order valence-electron chi connectivity index (χ4n) is 16.3. The average molecular weight is 1390 g/mol. The van der Waals surface area contributed by atoms with Crippen LogP contribution in [0, 0.1) is 0 Å². The minimum Gasteiger partial charge on any atom is -0.309 e. The lowest BCUT2D eigenvalue weighted by molar-refractivity contribution is 1.15. The first-order chi connectivity index (χ1) is 50.5. The Morgan fingerprint density at radius 1 is 0.235 bits per heavy atom. The lowest BCUT2D eigenvalue weighted by Crippen LogP contribution is -1.97. The van der Waals surface area contributed by atoms with Gasteiger partial charge in [-0.15, -0.1) is 45.3 Å². The fraction of sp³-hybridized carbons (Fsp3) is 0. The molecule has 14 aromatic carbocycles. The van der Waals surface area contributed by atoms with Gasteiger partial charge in [0.2, 0.25) is 0 Å². The summed E-state index contributed by atoms with van der Waals surface area (Å²) >= 11 is 9.03. The van der Waals surface area contributed by atoms with Crippen LogP contribution in [0.5, 0.6) is 0 Å². The van der Waals surface area contributed by atoms with Crippen LogP contribution in [0.15, 0.2) is 297 Å². The maximum absolute atomic E-state index is 5.46. The van der Waals surface area contributed by atoms with E-state index >= 15 is 0 Å². The molecule has 474 valence electrons. The molecule has 0 saturated heterocycles. The van der Waals surface area contributed by atoms with Gasteiger partial charge in [-0.1, -0.05) is 151 Å². The summed E-state index contributed by atoms with van der Waals surface area (Å²) < 4.78 is 17.3. The number of hydrogen-bond acceptors (Lipinski definition) is 9. The second-order valence-corrected chi connectivity index (χ2v) is 31.6. The highest BCUT2D eigenvalue weighted by atomic mass is 32.1. The van der Waals surface area contributed by atoms with E-state index in [4.69, 9.17) is 15.0 Å². The number of fused-ring (bicyclic) bond motifs is 23. The highest BCUT2D eigenvalue weighted by Gasteiger charge is 2.24. The predicted molar refractivity (Wildman–Crippen MR) is 437 cm³/mol. The zero-order valence-corrected chi connectivity index (χ0v) is 58.0. The molecule has 0 unspecified atom stereocenters. The molecule has 0 fully saturated rings. The smallest absolute Gasteiger partial charge is 0.195 e. The van der Waals surface area contributed by atoms with E-state index in [9.17, 15) is 0 Å². The number of thiazole rings is 2. The number of nitrogens with zero attached hydrogens (tertiary/aromatic N) is 7. The first-order valence-corrected chi connectivity index (χ1v) is 38.2. The average Bonchev–Trinajstić information content (AvgIpc) is 1.57. The molecule has 12 heteroatoms. The van der Waals surface area contributed by atoms with Gasteiger partial charge in [-0.2, -0.15) is 0 Å². The first kappa shape index (κ1) is 56.8. The van der Waals surface area contributed by atoms with E-state index in [2.05, 4.69) is 310 Å². The van der Waals surface area contributed by atoms with Crippen LogP contribution >= 0.6 is 56.7 Å². The molecule has 9 heterocycles. The summed E-state index contributed by atoms with van der Waals surface area (Å²) in [6.45, 7) is 0. The maximum Gasteiger partial charge on any atom is 0.195 e. The number of para-hydroxylation sites is 3. The van der Waals surface area contributed by atoms with Crippen molar-refractivity contribution in [3.05, 3.63) is 297 Å². The van der Waals surface area contributed by atoms with E-state index in [1.54, 1.807) is 22.7 Å². The fourth-order valence-corrected chi connectivity index (χ4v) is 21.3. The van der Waals surface area contributed by atoms with Gasteiger partial charge in [0.25, 0.3) is 0 Å². The Balaban J connectivity index is 0.602. The molecule has 23 aromatic rings. The molecule has 102 heavy (non-hydrogen) atoms.